The van der Waals surface area contributed by atoms with Crippen LogP contribution in [0, 0.1) is 11.8 Å². The van der Waals surface area contributed by atoms with Gasteiger partial charge in [-0.15, -0.1) is 0 Å². The fourth-order valence-corrected chi connectivity index (χ4v) is 3.42. The van der Waals surface area contributed by atoms with Crippen LogP contribution in [0.4, 0.5) is 0 Å². The van der Waals surface area contributed by atoms with Gasteiger partial charge in [0.15, 0.2) is 0 Å². The molecule has 5 nitrogen and oxygen atoms in total. The second kappa shape index (κ2) is 8.25. The minimum Gasteiger partial charge on any atom is -0.493 e. The van der Waals surface area contributed by atoms with E-state index in [0.29, 0.717) is 30.4 Å². The topological polar surface area (TPSA) is 66.8 Å². The van der Waals surface area contributed by atoms with Crippen LogP contribution >= 0.6 is 0 Å². The number of ether oxygens (including phenoxy) is 1. The van der Waals surface area contributed by atoms with Gasteiger partial charge in [0.25, 0.3) is 5.91 Å². The number of hydrogen-bond acceptors (Lipinski definition) is 3. The molecule has 2 atom stereocenters. The summed E-state index contributed by atoms with van der Waals surface area (Å²) in [6.07, 6.45) is 0. The standard InChI is InChI=1S/C22H25NO4/c1-15(2)14-27-18-10-6-9-17(11-18)21(24)23-12-19(20(13-23)22(25)26)16-7-4-3-5-8-16/h3-11,15,19-20H,12-14H2,1-2H3,(H,25,26)/t19-,20-/m0/s1. The van der Waals surface area contributed by atoms with E-state index in [2.05, 4.69) is 13.8 Å². The van der Waals surface area contributed by atoms with Crippen LogP contribution in [0.25, 0.3) is 0 Å². The molecule has 1 saturated heterocycles. The Morgan fingerprint density at radius 1 is 1.11 bits per heavy atom. The number of carbonyl (C=O) groups excluding carboxylic acids is 1. The second-order valence-electron chi connectivity index (χ2n) is 7.40. The first-order valence-corrected chi connectivity index (χ1v) is 9.25. The predicted octanol–water partition coefficient (Wildman–Crippen LogP) is 3.66. The molecule has 1 amide bonds. The van der Waals surface area contributed by atoms with Gasteiger partial charge in [-0.2, -0.15) is 0 Å². The summed E-state index contributed by atoms with van der Waals surface area (Å²) in [6, 6.07) is 16.6. The van der Waals surface area contributed by atoms with E-state index in [9.17, 15) is 14.7 Å². The number of aliphatic carboxylic acids is 1. The van der Waals surface area contributed by atoms with Crippen LogP contribution in [0.3, 0.4) is 0 Å². The normalized spacial score (nSPS) is 19.3. The highest BCUT2D eigenvalue weighted by Gasteiger charge is 2.40. The third-order valence-corrected chi connectivity index (χ3v) is 4.82. The van der Waals surface area contributed by atoms with Crippen molar-refractivity contribution in [1.82, 2.24) is 4.90 Å². The first kappa shape index (κ1) is 19.0. The molecule has 1 aliphatic rings. The number of hydrogen-bond donors (Lipinski definition) is 1. The van der Waals surface area contributed by atoms with Crippen LogP contribution in [0.15, 0.2) is 54.6 Å². The Hall–Kier alpha value is -2.82. The molecule has 27 heavy (non-hydrogen) atoms. The van der Waals surface area contributed by atoms with E-state index in [0.717, 1.165) is 5.56 Å². The summed E-state index contributed by atoms with van der Waals surface area (Å²) in [5, 5.41) is 9.62. The van der Waals surface area contributed by atoms with Crippen LogP contribution in [0.5, 0.6) is 5.75 Å². The Kier molecular flexibility index (Phi) is 5.79. The van der Waals surface area contributed by atoms with Gasteiger partial charge in [0.1, 0.15) is 5.75 Å². The molecule has 1 N–H and O–H groups in total. The van der Waals surface area contributed by atoms with Crippen molar-refractivity contribution in [2.24, 2.45) is 11.8 Å². The molecule has 3 rings (SSSR count). The van der Waals surface area contributed by atoms with Gasteiger partial charge in [-0.05, 0) is 29.7 Å². The summed E-state index contributed by atoms with van der Waals surface area (Å²) in [4.78, 5) is 26.3. The minimum atomic E-state index is -0.867. The lowest BCUT2D eigenvalue weighted by molar-refractivity contribution is -0.141. The zero-order chi connectivity index (χ0) is 19.4. The largest absolute Gasteiger partial charge is 0.493 e. The average Bonchev–Trinajstić information content (AvgIpc) is 3.12. The molecule has 0 aromatic heterocycles. The first-order valence-electron chi connectivity index (χ1n) is 9.25. The summed E-state index contributed by atoms with van der Waals surface area (Å²) >= 11 is 0. The average molecular weight is 367 g/mol. The number of benzene rings is 2. The van der Waals surface area contributed by atoms with Gasteiger partial charge in [-0.1, -0.05) is 50.2 Å². The van der Waals surface area contributed by atoms with Crippen molar-refractivity contribution in [3.05, 3.63) is 65.7 Å². The van der Waals surface area contributed by atoms with Gasteiger partial charge in [-0.25, -0.2) is 0 Å². The zero-order valence-electron chi connectivity index (χ0n) is 15.7. The lowest BCUT2D eigenvalue weighted by Crippen LogP contribution is -2.29. The third kappa shape index (κ3) is 4.48. The van der Waals surface area contributed by atoms with E-state index >= 15 is 0 Å². The van der Waals surface area contributed by atoms with E-state index in [4.69, 9.17) is 4.74 Å². The molecule has 0 aliphatic carbocycles. The van der Waals surface area contributed by atoms with Gasteiger partial charge in [0.05, 0.1) is 12.5 Å². The van der Waals surface area contributed by atoms with Crippen molar-refractivity contribution in [3.63, 3.8) is 0 Å². The molecule has 0 saturated carbocycles. The van der Waals surface area contributed by atoms with Gasteiger partial charge in [-0.3, -0.25) is 9.59 Å². The second-order valence-corrected chi connectivity index (χ2v) is 7.40. The number of carbonyl (C=O) groups is 2. The van der Waals surface area contributed by atoms with Crippen LogP contribution in [0.1, 0.15) is 35.7 Å². The quantitative estimate of drug-likeness (QED) is 0.846. The minimum absolute atomic E-state index is 0.158. The third-order valence-electron chi connectivity index (χ3n) is 4.82. The maximum absolute atomic E-state index is 13.0. The maximum Gasteiger partial charge on any atom is 0.308 e. The summed E-state index contributed by atoms with van der Waals surface area (Å²) in [5.41, 5.74) is 1.48. The molecule has 0 bridgehead atoms. The van der Waals surface area contributed by atoms with Gasteiger partial charge in [0.2, 0.25) is 0 Å². The molecule has 0 radical (unpaired) electrons. The molecule has 2 aromatic carbocycles. The summed E-state index contributed by atoms with van der Waals surface area (Å²) < 4.78 is 5.71. The summed E-state index contributed by atoms with van der Waals surface area (Å²) in [6.45, 7) is 5.32. The van der Waals surface area contributed by atoms with Crippen molar-refractivity contribution in [2.75, 3.05) is 19.7 Å². The molecular weight excluding hydrogens is 342 g/mol. The molecule has 142 valence electrons. The summed E-state index contributed by atoms with van der Waals surface area (Å²) in [7, 11) is 0. The number of amides is 1. The lowest BCUT2D eigenvalue weighted by atomic mass is 9.89. The van der Waals surface area contributed by atoms with Crippen LogP contribution in [0.2, 0.25) is 0 Å². The van der Waals surface area contributed by atoms with Crippen molar-refractivity contribution in [2.45, 2.75) is 19.8 Å². The smallest absolute Gasteiger partial charge is 0.308 e. The van der Waals surface area contributed by atoms with Crippen molar-refractivity contribution >= 4 is 11.9 Å². The van der Waals surface area contributed by atoms with Crippen molar-refractivity contribution < 1.29 is 19.4 Å². The molecule has 2 aromatic rings. The first-order chi connectivity index (χ1) is 13.0. The van der Waals surface area contributed by atoms with Crippen LogP contribution in [-0.2, 0) is 4.79 Å². The van der Waals surface area contributed by atoms with Crippen molar-refractivity contribution in [1.29, 1.82) is 0 Å². The predicted molar refractivity (Wildman–Crippen MR) is 103 cm³/mol. The van der Waals surface area contributed by atoms with Crippen LogP contribution < -0.4 is 4.74 Å². The molecule has 1 aliphatic heterocycles. The molecule has 5 heteroatoms. The SMILES string of the molecule is CC(C)COc1cccc(C(=O)N2C[C@H](C(=O)O)[C@H](c3ccccc3)C2)c1. The van der Waals surface area contributed by atoms with Crippen molar-refractivity contribution in [3.8, 4) is 5.75 Å². The van der Waals surface area contributed by atoms with E-state index in [1.165, 1.54) is 0 Å². The molecule has 0 spiro atoms. The van der Waals surface area contributed by atoms with E-state index in [1.807, 2.05) is 36.4 Å². The van der Waals surface area contributed by atoms with Gasteiger partial charge in [0, 0.05) is 24.6 Å². The fraction of sp³-hybridized carbons (Fsp3) is 0.364. The lowest BCUT2D eigenvalue weighted by Gasteiger charge is -2.17. The number of carboxylic acids is 1. The molecule has 0 unspecified atom stereocenters. The number of carboxylic acid groups (broad SMARTS) is 1. The van der Waals surface area contributed by atoms with Crippen LogP contribution in [-0.4, -0.2) is 41.6 Å². The number of likely N-dealkylation sites (tertiary alicyclic amines) is 1. The van der Waals surface area contributed by atoms with Gasteiger partial charge < -0.3 is 14.7 Å². The molecule has 1 heterocycles. The van der Waals surface area contributed by atoms with Gasteiger partial charge >= 0.3 is 5.97 Å². The Balaban J connectivity index is 1.77. The maximum atomic E-state index is 13.0. The fourth-order valence-electron chi connectivity index (χ4n) is 3.42. The zero-order valence-corrected chi connectivity index (χ0v) is 15.7. The monoisotopic (exact) mass is 367 g/mol. The Morgan fingerprint density at radius 3 is 2.52 bits per heavy atom. The van der Waals surface area contributed by atoms with E-state index in [-0.39, 0.29) is 18.4 Å². The highest BCUT2D eigenvalue weighted by Crippen LogP contribution is 2.33. The van der Waals surface area contributed by atoms with E-state index < -0.39 is 11.9 Å². The number of nitrogens with zero attached hydrogens (tertiary/aromatic N) is 1. The Bertz CT molecular complexity index is 803. The Labute approximate surface area is 159 Å². The molecular formula is C22H25NO4. The number of rotatable bonds is 6. The Morgan fingerprint density at radius 2 is 1.85 bits per heavy atom. The highest BCUT2D eigenvalue weighted by molar-refractivity contribution is 5.95. The highest BCUT2D eigenvalue weighted by atomic mass is 16.5. The molecule has 1 fully saturated rings. The van der Waals surface area contributed by atoms with E-state index in [1.54, 1.807) is 23.1 Å². The summed E-state index contributed by atoms with van der Waals surface area (Å²) in [5.74, 6) is -0.776.